The number of rotatable bonds is 5. The largest absolute Gasteiger partial charge is 0.368 e. The summed E-state index contributed by atoms with van der Waals surface area (Å²) in [6.45, 7) is 5.65. The van der Waals surface area contributed by atoms with E-state index in [2.05, 4.69) is 5.10 Å². The molecule has 0 aliphatic carbocycles. The van der Waals surface area contributed by atoms with Gasteiger partial charge in [-0.25, -0.2) is 0 Å². The molecule has 0 aromatic carbocycles. The normalized spacial score (nSPS) is 16.5. The van der Waals surface area contributed by atoms with Gasteiger partial charge in [-0.15, -0.1) is 11.8 Å². The third-order valence-corrected chi connectivity index (χ3v) is 3.75. The van der Waals surface area contributed by atoms with Crippen LogP contribution in [-0.4, -0.2) is 26.5 Å². The van der Waals surface area contributed by atoms with Crippen molar-refractivity contribution >= 4 is 17.7 Å². The summed E-state index contributed by atoms with van der Waals surface area (Å²) < 4.78 is 1.83. The number of aromatic nitrogens is 2. The zero-order valence-electron chi connectivity index (χ0n) is 10.7. The lowest BCUT2D eigenvalue weighted by molar-refractivity contribution is -0.122. The minimum absolute atomic E-state index is 0.201. The minimum atomic E-state index is -0.958. The Kier molecular flexibility index (Phi) is 4.21. The van der Waals surface area contributed by atoms with Gasteiger partial charge in [-0.3, -0.25) is 9.48 Å². The third kappa shape index (κ3) is 3.74. The van der Waals surface area contributed by atoms with Crippen LogP contribution >= 0.6 is 11.8 Å². The summed E-state index contributed by atoms with van der Waals surface area (Å²) in [6, 6.07) is 2.01. The summed E-state index contributed by atoms with van der Waals surface area (Å²) in [7, 11) is 1.90. The van der Waals surface area contributed by atoms with Gasteiger partial charge in [-0.2, -0.15) is 5.10 Å². The lowest BCUT2D eigenvalue weighted by Crippen LogP contribution is -2.50. The van der Waals surface area contributed by atoms with Gasteiger partial charge in [0.2, 0.25) is 5.91 Å². The first-order chi connectivity index (χ1) is 7.72. The molecule has 1 heterocycles. The molecule has 17 heavy (non-hydrogen) atoms. The Balaban J connectivity index is 2.64. The van der Waals surface area contributed by atoms with Gasteiger partial charge in [-0.05, 0) is 26.3 Å². The number of nitrogens with zero attached hydrogens (tertiary/aromatic N) is 2. The van der Waals surface area contributed by atoms with Crippen molar-refractivity contribution in [3.63, 3.8) is 0 Å². The number of carbonyl (C=O) groups is 1. The fourth-order valence-corrected chi connectivity index (χ4v) is 2.92. The van der Waals surface area contributed by atoms with Crippen LogP contribution < -0.4 is 11.5 Å². The van der Waals surface area contributed by atoms with Gasteiger partial charge in [0.05, 0.1) is 16.3 Å². The molecule has 1 aromatic heterocycles. The SMILES string of the molecule is Cc1cc(SC(C)CC(C)(N)C(N)=O)n(C)n1. The number of primary amides is 1. The molecular weight excluding hydrogens is 236 g/mol. The van der Waals surface area contributed by atoms with E-state index >= 15 is 0 Å². The monoisotopic (exact) mass is 256 g/mol. The molecular formula is C11H20N4OS. The average Bonchev–Trinajstić information content (AvgIpc) is 2.43. The summed E-state index contributed by atoms with van der Waals surface area (Å²) in [6.07, 6.45) is 0.539. The molecule has 1 rings (SSSR count). The molecule has 96 valence electrons. The maximum absolute atomic E-state index is 11.2. The van der Waals surface area contributed by atoms with E-state index in [1.807, 2.05) is 31.6 Å². The first-order valence-electron chi connectivity index (χ1n) is 5.48. The van der Waals surface area contributed by atoms with Crippen LogP contribution in [0.15, 0.2) is 11.1 Å². The third-order valence-electron chi connectivity index (χ3n) is 2.56. The number of aryl methyl sites for hydroxylation is 2. The average molecular weight is 256 g/mol. The van der Waals surface area contributed by atoms with E-state index in [0.29, 0.717) is 6.42 Å². The molecule has 0 bridgehead atoms. The van der Waals surface area contributed by atoms with Crippen molar-refractivity contribution in [3.8, 4) is 0 Å². The van der Waals surface area contributed by atoms with Crippen molar-refractivity contribution < 1.29 is 4.79 Å². The summed E-state index contributed by atoms with van der Waals surface area (Å²) >= 11 is 1.65. The van der Waals surface area contributed by atoms with Crippen LogP contribution in [0.2, 0.25) is 0 Å². The van der Waals surface area contributed by atoms with Crippen LogP contribution in [0.1, 0.15) is 26.0 Å². The van der Waals surface area contributed by atoms with E-state index in [0.717, 1.165) is 10.7 Å². The molecule has 5 nitrogen and oxygen atoms in total. The van der Waals surface area contributed by atoms with E-state index in [1.54, 1.807) is 18.7 Å². The van der Waals surface area contributed by atoms with Crippen LogP contribution in [0.3, 0.4) is 0 Å². The molecule has 2 atom stereocenters. The highest BCUT2D eigenvalue weighted by Crippen LogP contribution is 2.28. The smallest absolute Gasteiger partial charge is 0.237 e. The highest BCUT2D eigenvalue weighted by atomic mass is 32.2. The van der Waals surface area contributed by atoms with Crippen molar-refractivity contribution in [2.24, 2.45) is 18.5 Å². The maximum atomic E-state index is 11.2. The molecule has 0 radical (unpaired) electrons. The first kappa shape index (κ1) is 14.1. The predicted octanol–water partition coefficient (Wildman–Crippen LogP) is 0.802. The quantitative estimate of drug-likeness (QED) is 0.763. The molecule has 1 amide bonds. The standard InChI is InChI=1S/C11H20N4OS/c1-7-5-9(15(4)14-7)17-8(2)6-11(3,13)10(12)16/h5,8H,6,13H2,1-4H3,(H2,12,16). The van der Waals surface area contributed by atoms with Gasteiger partial charge in [0, 0.05) is 12.3 Å². The Hall–Kier alpha value is -1.01. The predicted molar refractivity (Wildman–Crippen MR) is 69.7 cm³/mol. The van der Waals surface area contributed by atoms with E-state index in [4.69, 9.17) is 11.5 Å². The molecule has 0 saturated carbocycles. The lowest BCUT2D eigenvalue weighted by atomic mass is 9.97. The molecule has 4 N–H and O–H groups in total. The zero-order valence-corrected chi connectivity index (χ0v) is 11.5. The number of carbonyl (C=O) groups excluding carboxylic acids is 1. The fourth-order valence-electron chi connectivity index (χ4n) is 1.64. The molecule has 0 saturated heterocycles. The van der Waals surface area contributed by atoms with E-state index in [9.17, 15) is 4.79 Å². The highest BCUT2D eigenvalue weighted by molar-refractivity contribution is 7.99. The van der Waals surface area contributed by atoms with Crippen molar-refractivity contribution in [2.75, 3.05) is 0 Å². The van der Waals surface area contributed by atoms with Gasteiger partial charge in [0.25, 0.3) is 0 Å². The first-order valence-corrected chi connectivity index (χ1v) is 6.36. The van der Waals surface area contributed by atoms with Crippen molar-refractivity contribution in [1.82, 2.24) is 9.78 Å². The highest BCUT2D eigenvalue weighted by Gasteiger charge is 2.28. The fraction of sp³-hybridized carbons (Fsp3) is 0.636. The van der Waals surface area contributed by atoms with E-state index in [1.165, 1.54) is 0 Å². The second-order valence-electron chi connectivity index (χ2n) is 4.66. The van der Waals surface area contributed by atoms with Crippen molar-refractivity contribution in [1.29, 1.82) is 0 Å². The van der Waals surface area contributed by atoms with Gasteiger partial charge in [0.1, 0.15) is 0 Å². The van der Waals surface area contributed by atoms with Crippen LogP contribution in [0.4, 0.5) is 0 Å². The number of amides is 1. The maximum Gasteiger partial charge on any atom is 0.237 e. The summed E-state index contributed by atoms with van der Waals surface area (Å²) in [4.78, 5) is 11.2. The van der Waals surface area contributed by atoms with Crippen LogP contribution in [0.25, 0.3) is 0 Å². The zero-order chi connectivity index (χ0) is 13.2. The van der Waals surface area contributed by atoms with Crippen LogP contribution in [0.5, 0.6) is 0 Å². The topological polar surface area (TPSA) is 86.9 Å². The van der Waals surface area contributed by atoms with E-state index < -0.39 is 11.4 Å². The Morgan fingerprint density at radius 3 is 2.71 bits per heavy atom. The molecule has 2 unspecified atom stereocenters. The molecule has 0 fully saturated rings. The summed E-state index contributed by atoms with van der Waals surface area (Å²) in [5, 5.41) is 5.53. The molecule has 0 aliphatic heterocycles. The van der Waals surface area contributed by atoms with Crippen molar-refractivity contribution in [2.45, 2.75) is 43.0 Å². The molecule has 1 aromatic rings. The second-order valence-corrected chi connectivity index (χ2v) is 6.12. The summed E-state index contributed by atoms with van der Waals surface area (Å²) in [5.74, 6) is -0.467. The minimum Gasteiger partial charge on any atom is -0.368 e. The van der Waals surface area contributed by atoms with Gasteiger partial charge in [0.15, 0.2) is 0 Å². The summed E-state index contributed by atoms with van der Waals surface area (Å²) in [5.41, 5.74) is 11.1. The number of hydrogen-bond donors (Lipinski definition) is 2. The molecule has 0 aliphatic rings. The lowest BCUT2D eigenvalue weighted by Gasteiger charge is -2.24. The van der Waals surface area contributed by atoms with Gasteiger partial charge >= 0.3 is 0 Å². The van der Waals surface area contributed by atoms with Gasteiger partial charge in [-0.1, -0.05) is 6.92 Å². The Morgan fingerprint density at radius 2 is 2.29 bits per heavy atom. The van der Waals surface area contributed by atoms with Crippen LogP contribution in [-0.2, 0) is 11.8 Å². The van der Waals surface area contributed by atoms with E-state index in [-0.39, 0.29) is 5.25 Å². The van der Waals surface area contributed by atoms with Crippen molar-refractivity contribution in [3.05, 3.63) is 11.8 Å². The Bertz CT molecular complexity index is 414. The Labute approximate surface area is 106 Å². The van der Waals surface area contributed by atoms with Gasteiger partial charge < -0.3 is 11.5 Å². The Morgan fingerprint density at radius 1 is 1.71 bits per heavy atom. The number of thioether (sulfide) groups is 1. The number of hydrogen-bond acceptors (Lipinski definition) is 4. The second kappa shape index (κ2) is 5.10. The van der Waals surface area contributed by atoms with Crippen LogP contribution in [0, 0.1) is 6.92 Å². The molecule has 0 spiro atoms. The molecule has 6 heteroatoms. The number of nitrogens with two attached hydrogens (primary N) is 2.